The first-order chi connectivity index (χ1) is 28.2. The second-order valence-corrected chi connectivity index (χ2v) is 14.8. The van der Waals surface area contributed by atoms with Gasteiger partial charge < -0.3 is 25.2 Å². The first kappa shape index (κ1) is 54.4. The van der Waals surface area contributed by atoms with Gasteiger partial charge in [-0.25, -0.2) is 4.57 Å². The SMILES string of the molecule is CC/C=C\C/C=C\C/C=C\C/C=C\C/C=C\C/C=C\CCC(=O)OC[C@H](COP(=O)(O)OCCN)OC(=O)CCC/C=C\C/C=C\C/C=C\C/C=C\CC(O)CCC. The third-order valence-corrected chi connectivity index (χ3v) is 8.88. The molecule has 10 nitrogen and oxygen atoms in total. The predicted molar refractivity (Wildman–Crippen MR) is 239 cm³/mol. The quantitative estimate of drug-likeness (QED) is 0.0238. The number of ether oxygens (including phenoxy) is 2. The Hall–Kier alpha value is -3.63. The van der Waals surface area contributed by atoms with E-state index in [-0.39, 0.29) is 38.7 Å². The summed E-state index contributed by atoms with van der Waals surface area (Å²) in [5.74, 6) is -1.03. The molecule has 0 aromatic heterocycles. The molecule has 0 aliphatic rings. The number of aliphatic hydroxyl groups excluding tert-OH is 1. The Labute approximate surface area is 350 Å². The van der Waals surface area contributed by atoms with Crippen molar-refractivity contribution >= 4 is 19.8 Å². The fraction of sp³-hybridized carbons (Fsp3) is 0.532. The van der Waals surface area contributed by atoms with Crippen molar-refractivity contribution in [2.45, 2.75) is 135 Å². The molecule has 0 aromatic rings. The standard InChI is InChI=1S/C47H74NO9P/c1-3-5-6-7-8-9-10-11-12-13-14-15-16-19-22-25-28-31-34-38-46(50)54-42-45(43-56-58(52,53)55-41-40-48)57-47(51)39-35-32-29-26-23-20-17-18-21-24-27-30-33-37-44(49)36-4-2/h5-6,8-9,11-12,14-15,17,19-22,24,26,28-31,33,44-45,49H,3-4,7,10,13,16,18,23,25,27,32,34-43,48H2,1-2H3,(H,52,53)/b6-5-,9-8-,12-11-,15-14-,20-17-,22-19-,24-21-,29-26-,31-28-,33-30-/t44?,45-/m1/s1. The number of hydrogen-bond acceptors (Lipinski definition) is 9. The summed E-state index contributed by atoms with van der Waals surface area (Å²) >= 11 is 0. The number of phosphoric ester groups is 1. The van der Waals surface area contributed by atoms with Crippen LogP contribution in [0.2, 0.25) is 0 Å². The van der Waals surface area contributed by atoms with E-state index in [1.165, 1.54) is 0 Å². The van der Waals surface area contributed by atoms with Crippen LogP contribution in [0.15, 0.2) is 122 Å². The van der Waals surface area contributed by atoms with Gasteiger partial charge in [0.1, 0.15) is 6.61 Å². The highest BCUT2D eigenvalue weighted by molar-refractivity contribution is 7.47. The van der Waals surface area contributed by atoms with Crippen LogP contribution < -0.4 is 5.73 Å². The summed E-state index contributed by atoms with van der Waals surface area (Å²) in [5, 5.41) is 9.72. The lowest BCUT2D eigenvalue weighted by molar-refractivity contribution is -0.161. The Morgan fingerprint density at radius 3 is 1.55 bits per heavy atom. The molecule has 0 fully saturated rings. The van der Waals surface area contributed by atoms with Crippen LogP contribution in [0.4, 0.5) is 0 Å². The van der Waals surface area contributed by atoms with E-state index in [0.717, 1.165) is 70.6 Å². The molecule has 0 saturated carbocycles. The molecule has 0 heterocycles. The molecule has 0 saturated heterocycles. The average Bonchev–Trinajstić information content (AvgIpc) is 3.20. The number of phosphoric acid groups is 1. The molecule has 58 heavy (non-hydrogen) atoms. The first-order valence-electron chi connectivity index (χ1n) is 21.1. The summed E-state index contributed by atoms with van der Waals surface area (Å²) in [6, 6.07) is 0. The Morgan fingerprint density at radius 2 is 1.07 bits per heavy atom. The van der Waals surface area contributed by atoms with Crippen molar-refractivity contribution in [2.75, 3.05) is 26.4 Å². The number of rotatable bonds is 37. The summed E-state index contributed by atoms with van der Waals surface area (Å²) in [6.45, 7) is 3.21. The molecule has 0 aliphatic heterocycles. The van der Waals surface area contributed by atoms with Gasteiger partial charge in [-0.05, 0) is 89.9 Å². The van der Waals surface area contributed by atoms with Gasteiger partial charge in [-0.1, -0.05) is 142 Å². The van der Waals surface area contributed by atoms with Crippen LogP contribution in [-0.4, -0.2) is 60.5 Å². The summed E-state index contributed by atoms with van der Waals surface area (Å²) < 4.78 is 32.6. The van der Waals surface area contributed by atoms with E-state index in [1.54, 1.807) is 0 Å². The van der Waals surface area contributed by atoms with Gasteiger partial charge in [0.25, 0.3) is 0 Å². The van der Waals surface area contributed by atoms with E-state index < -0.39 is 32.5 Å². The first-order valence-corrected chi connectivity index (χ1v) is 22.6. The monoisotopic (exact) mass is 828 g/mol. The van der Waals surface area contributed by atoms with E-state index in [4.69, 9.17) is 24.3 Å². The Morgan fingerprint density at radius 1 is 0.603 bits per heavy atom. The summed E-state index contributed by atoms with van der Waals surface area (Å²) in [6.07, 6.45) is 53.1. The van der Waals surface area contributed by atoms with E-state index in [1.807, 2.05) is 30.4 Å². The van der Waals surface area contributed by atoms with Crippen molar-refractivity contribution in [1.82, 2.24) is 0 Å². The van der Waals surface area contributed by atoms with Gasteiger partial charge in [0.05, 0.1) is 19.3 Å². The fourth-order valence-corrected chi connectivity index (χ4v) is 5.61. The lowest BCUT2D eigenvalue weighted by atomic mass is 10.1. The van der Waals surface area contributed by atoms with Gasteiger partial charge in [0.2, 0.25) is 0 Å². The van der Waals surface area contributed by atoms with Crippen LogP contribution in [0, 0.1) is 0 Å². The minimum atomic E-state index is -4.43. The lowest BCUT2D eigenvalue weighted by Gasteiger charge is -2.19. The third-order valence-electron chi connectivity index (χ3n) is 7.90. The summed E-state index contributed by atoms with van der Waals surface area (Å²) in [4.78, 5) is 34.8. The van der Waals surface area contributed by atoms with Gasteiger partial charge in [-0.3, -0.25) is 18.6 Å². The zero-order valence-corrected chi connectivity index (χ0v) is 36.2. The van der Waals surface area contributed by atoms with Crippen LogP contribution in [0.1, 0.15) is 123 Å². The number of unbranched alkanes of at least 4 members (excludes halogenated alkanes) is 1. The number of esters is 2. The maximum absolute atomic E-state index is 12.6. The van der Waals surface area contributed by atoms with E-state index in [2.05, 4.69) is 105 Å². The highest BCUT2D eigenvalue weighted by atomic mass is 31.2. The van der Waals surface area contributed by atoms with Crippen LogP contribution in [0.25, 0.3) is 0 Å². The average molecular weight is 828 g/mol. The smallest absolute Gasteiger partial charge is 0.462 e. The summed E-state index contributed by atoms with van der Waals surface area (Å²) in [7, 11) is -4.43. The third kappa shape index (κ3) is 40.6. The van der Waals surface area contributed by atoms with Crippen molar-refractivity contribution < 1.29 is 42.7 Å². The number of carbonyl (C=O) groups is 2. The topological polar surface area (TPSA) is 155 Å². The van der Waals surface area contributed by atoms with Gasteiger partial charge in [-0.2, -0.15) is 0 Å². The fourth-order valence-electron chi connectivity index (χ4n) is 4.84. The van der Waals surface area contributed by atoms with Gasteiger partial charge in [0, 0.05) is 19.4 Å². The molecule has 11 heteroatoms. The predicted octanol–water partition coefficient (Wildman–Crippen LogP) is 11.1. The van der Waals surface area contributed by atoms with Gasteiger partial charge in [0.15, 0.2) is 6.10 Å². The van der Waals surface area contributed by atoms with Gasteiger partial charge >= 0.3 is 19.8 Å². The molecule has 3 atom stereocenters. The highest BCUT2D eigenvalue weighted by Gasteiger charge is 2.25. The van der Waals surface area contributed by atoms with E-state index in [9.17, 15) is 24.2 Å². The number of aliphatic hydroxyl groups is 1. The molecule has 0 bridgehead atoms. The van der Waals surface area contributed by atoms with Crippen LogP contribution in [-0.2, 0) is 32.7 Å². The number of nitrogens with two attached hydrogens (primary N) is 1. The minimum Gasteiger partial charge on any atom is -0.462 e. The van der Waals surface area contributed by atoms with Crippen LogP contribution in [0.3, 0.4) is 0 Å². The molecular formula is C47H74NO9P. The molecule has 0 radical (unpaired) electrons. The second-order valence-electron chi connectivity index (χ2n) is 13.3. The van der Waals surface area contributed by atoms with Crippen molar-refractivity contribution in [3.8, 4) is 0 Å². The molecular weight excluding hydrogens is 753 g/mol. The molecule has 0 spiro atoms. The minimum absolute atomic E-state index is 0.0215. The Balaban J connectivity index is 4.44. The van der Waals surface area contributed by atoms with Gasteiger partial charge in [-0.15, -0.1) is 0 Å². The summed E-state index contributed by atoms with van der Waals surface area (Å²) in [5.41, 5.74) is 5.33. The number of hydrogen-bond donors (Lipinski definition) is 3. The van der Waals surface area contributed by atoms with Crippen molar-refractivity contribution in [2.24, 2.45) is 5.73 Å². The molecule has 326 valence electrons. The van der Waals surface area contributed by atoms with Crippen LogP contribution >= 0.6 is 7.82 Å². The zero-order chi connectivity index (χ0) is 42.6. The molecule has 0 amide bonds. The lowest BCUT2D eigenvalue weighted by Crippen LogP contribution is -2.29. The molecule has 2 unspecified atom stereocenters. The Bertz CT molecular complexity index is 1370. The largest absolute Gasteiger partial charge is 0.472 e. The number of carbonyl (C=O) groups excluding carboxylic acids is 2. The molecule has 4 N–H and O–H groups in total. The normalized spacial score (nSPS) is 15.1. The van der Waals surface area contributed by atoms with E-state index in [0.29, 0.717) is 25.7 Å². The van der Waals surface area contributed by atoms with Crippen molar-refractivity contribution in [3.05, 3.63) is 122 Å². The highest BCUT2D eigenvalue weighted by Crippen LogP contribution is 2.43. The number of allylic oxidation sites excluding steroid dienone is 19. The maximum Gasteiger partial charge on any atom is 0.472 e. The van der Waals surface area contributed by atoms with Crippen molar-refractivity contribution in [3.63, 3.8) is 0 Å². The van der Waals surface area contributed by atoms with E-state index >= 15 is 0 Å². The zero-order valence-electron chi connectivity index (χ0n) is 35.3. The maximum atomic E-state index is 12.6. The molecule has 0 aliphatic carbocycles. The second kappa shape index (κ2) is 41.5. The molecule has 0 aromatic carbocycles. The van der Waals surface area contributed by atoms with Crippen molar-refractivity contribution in [1.29, 1.82) is 0 Å². The Kier molecular flexibility index (Phi) is 38.9. The van der Waals surface area contributed by atoms with Crippen LogP contribution in [0.5, 0.6) is 0 Å². The molecule has 0 rings (SSSR count).